The van der Waals surface area contributed by atoms with Crippen molar-refractivity contribution in [3.8, 4) is 0 Å². The molecular formula is C21H31N5O3. The van der Waals surface area contributed by atoms with E-state index in [4.69, 9.17) is 0 Å². The maximum atomic E-state index is 13.2. The van der Waals surface area contributed by atoms with Crippen molar-refractivity contribution in [1.82, 2.24) is 24.3 Å². The first-order valence-electron chi connectivity index (χ1n) is 10.5. The lowest BCUT2D eigenvalue weighted by Crippen LogP contribution is -2.40. The maximum Gasteiger partial charge on any atom is 0.330 e. The molecule has 0 spiro atoms. The number of hydrogen-bond donors (Lipinski definition) is 1. The van der Waals surface area contributed by atoms with Crippen LogP contribution in [0.1, 0.15) is 56.9 Å². The number of aromatic nitrogens is 3. The van der Waals surface area contributed by atoms with E-state index in [0.717, 1.165) is 32.5 Å². The minimum Gasteiger partial charge on any atom is -0.337 e. The average molecular weight is 402 g/mol. The van der Waals surface area contributed by atoms with E-state index in [0.29, 0.717) is 30.2 Å². The lowest BCUT2D eigenvalue weighted by atomic mass is 10.1. The summed E-state index contributed by atoms with van der Waals surface area (Å²) in [6.45, 7) is 12.3. The van der Waals surface area contributed by atoms with E-state index >= 15 is 0 Å². The number of hydrogen-bond acceptors (Lipinski definition) is 5. The highest BCUT2D eigenvalue weighted by atomic mass is 16.2. The number of H-pyrrole nitrogens is 1. The number of rotatable bonds is 9. The minimum absolute atomic E-state index is 0.0856. The van der Waals surface area contributed by atoms with Gasteiger partial charge in [-0.25, -0.2) is 9.78 Å². The van der Waals surface area contributed by atoms with E-state index < -0.39 is 11.2 Å². The van der Waals surface area contributed by atoms with Crippen LogP contribution in [0.4, 0.5) is 0 Å². The van der Waals surface area contributed by atoms with Crippen molar-refractivity contribution in [3.63, 3.8) is 0 Å². The van der Waals surface area contributed by atoms with Gasteiger partial charge in [-0.3, -0.25) is 19.1 Å². The number of aromatic amines is 1. The van der Waals surface area contributed by atoms with Crippen molar-refractivity contribution in [2.75, 3.05) is 32.7 Å². The molecule has 0 unspecified atom stereocenters. The molecule has 2 aromatic heterocycles. The Kier molecular flexibility index (Phi) is 6.52. The Morgan fingerprint density at radius 1 is 1.24 bits per heavy atom. The van der Waals surface area contributed by atoms with Gasteiger partial charge in [0.05, 0.1) is 10.9 Å². The van der Waals surface area contributed by atoms with Crippen molar-refractivity contribution in [2.45, 2.75) is 46.6 Å². The number of fused-ring (bicyclic) bond motifs is 1. The second kappa shape index (κ2) is 8.90. The monoisotopic (exact) mass is 401 g/mol. The molecule has 158 valence electrons. The van der Waals surface area contributed by atoms with Crippen molar-refractivity contribution in [1.29, 1.82) is 0 Å². The third kappa shape index (κ3) is 4.75. The Labute approximate surface area is 170 Å². The molecule has 0 aromatic carbocycles. The van der Waals surface area contributed by atoms with Gasteiger partial charge in [-0.05, 0) is 37.9 Å². The predicted octanol–water partition coefficient (Wildman–Crippen LogP) is 1.86. The highest BCUT2D eigenvalue weighted by molar-refractivity contribution is 5.96. The fourth-order valence-corrected chi connectivity index (χ4v) is 3.63. The van der Waals surface area contributed by atoms with Gasteiger partial charge in [0.2, 0.25) is 0 Å². The van der Waals surface area contributed by atoms with Gasteiger partial charge in [0.15, 0.2) is 0 Å². The molecule has 0 saturated heterocycles. The standard InChI is InChI=1S/C21H31N5O3/c1-5-24(6-2)9-10-25(13-14(3)4)20(28)15-11-17-18(22-12-15)26(16-7-8-16)21(29)23-19(17)27/h11-12,14,16H,5-10,13H2,1-4H3,(H,23,27,29). The van der Waals surface area contributed by atoms with Gasteiger partial charge >= 0.3 is 5.69 Å². The summed E-state index contributed by atoms with van der Waals surface area (Å²) in [5.41, 5.74) is -0.194. The van der Waals surface area contributed by atoms with Crippen LogP contribution in [0.3, 0.4) is 0 Å². The van der Waals surface area contributed by atoms with Crippen LogP contribution in [-0.4, -0.2) is 63.0 Å². The smallest absolute Gasteiger partial charge is 0.330 e. The van der Waals surface area contributed by atoms with E-state index in [-0.39, 0.29) is 17.3 Å². The molecule has 1 aliphatic carbocycles. The third-order valence-electron chi connectivity index (χ3n) is 5.39. The summed E-state index contributed by atoms with van der Waals surface area (Å²) in [7, 11) is 0. The number of amides is 1. The van der Waals surface area contributed by atoms with Crippen LogP contribution in [0.2, 0.25) is 0 Å². The van der Waals surface area contributed by atoms with Gasteiger partial charge < -0.3 is 9.80 Å². The lowest BCUT2D eigenvalue weighted by Gasteiger charge is -2.28. The predicted molar refractivity (Wildman–Crippen MR) is 113 cm³/mol. The van der Waals surface area contributed by atoms with Gasteiger partial charge in [-0.2, -0.15) is 0 Å². The molecule has 1 saturated carbocycles. The number of likely N-dealkylation sites (N-methyl/N-ethyl adjacent to an activating group) is 1. The largest absolute Gasteiger partial charge is 0.337 e. The van der Waals surface area contributed by atoms with E-state index in [2.05, 4.69) is 42.6 Å². The molecule has 29 heavy (non-hydrogen) atoms. The van der Waals surface area contributed by atoms with Crippen LogP contribution in [0.15, 0.2) is 21.9 Å². The fraction of sp³-hybridized carbons (Fsp3) is 0.619. The van der Waals surface area contributed by atoms with E-state index in [9.17, 15) is 14.4 Å². The van der Waals surface area contributed by atoms with E-state index in [1.165, 1.54) is 10.8 Å². The molecule has 1 aliphatic rings. The zero-order valence-electron chi connectivity index (χ0n) is 17.8. The molecular weight excluding hydrogens is 370 g/mol. The summed E-state index contributed by atoms with van der Waals surface area (Å²) in [5.74, 6) is 0.191. The Morgan fingerprint density at radius 2 is 1.93 bits per heavy atom. The summed E-state index contributed by atoms with van der Waals surface area (Å²) < 4.78 is 1.54. The summed E-state index contributed by atoms with van der Waals surface area (Å²) >= 11 is 0. The molecule has 0 atom stereocenters. The summed E-state index contributed by atoms with van der Waals surface area (Å²) in [6.07, 6.45) is 3.29. The second-order valence-electron chi connectivity index (χ2n) is 8.13. The van der Waals surface area contributed by atoms with Crippen LogP contribution < -0.4 is 11.2 Å². The molecule has 1 fully saturated rings. The SMILES string of the molecule is CCN(CC)CCN(CC(C)C)C(=O)c1cnc2c(c1)c(=O)[nH]c(=O)n2C1CC1. The number of carbonyl (C=O) groups is 1. The second-order valence-corrected chi connectivity index (χ2v) is 8.13. The number of pyridine rings is 1. The van der Waals surface area contributed by atoms with E-state index in [1.54, 1.807) is 6.07 Å². The first-order chi connectivity index (χ1) is 13.8. The van der Waals surface area contributed by atoms with Crippen molar-refractivity contribution >= 4 is 16.9 Å². The molecule has 0 aliphatic heterocycles. The van der Waals surface area contributed by atoms with Gasteiger partial charge in [-0.1, -0.05) is 27.7 Å². The van der Waals surface area contributed by atoms with Gasteiger partial charge in [0.25, 0.3) is 11.5 Å². The quantitative estimate of drug-likeness (QED) is 0.693. The molecule has 0 bridgehead atoms. The number of nitrogens with one attached hydrogen (secondary N) is 1. The van der Waals surface area contributed by atoms with Crippen LogP contribution in [0.25, 0.3) is 11.0 Å². The normalized spacial score (nSPS) is 14.1. The average Bonchev–Trinajstić information content (AvgIpc) is 3.52. The van der Waals surface area contributed by atoms with Crippen molar-refractivity contribution in [3.05, 3.63) is 38.7 Å². The van der Waals surface area contributed by atoms with Gasteiger partial charge in [-0.15, -0.1) is 0 Å². The Bertz CT molecular complexity index is 986. The first-order valence-corrected chi connectivity index (χ1v) is 10.5. The zero-order chi connectivity index (χ0) is 21.1. The Balaban J connectivity index is 1.93. The van der Waals surface area contributed by atoms with Gasteiger partial charge in [0.1, 0.15) is 5.65 Å². The number of carbonyl (C=O) groups excluding carboxylic acids is 1. The third-order valence-corrected chi connectivity index (χ3v) is 5.39. The number of nitrogens with zero attached hydrogens (tertiary/aromatic N) is 4. The lowest BCUT2D eigenvalue weighted by molar-refractivity contribution is 0.0716. The molecule has 0 radical (unpaired) electrons. The van der Waals surface area contributed by atoms with Crippen LogP contribution >= 0.6 is 0 Å². The topological polar surface area (TPSA) is 91.3 Å². The Hall–Kier alpha value is -2.48. The highest BCUT2D eigenvalue weighted by Gasteiger charge is 2.28. The summed E-state index contributed by atoms with van der Waals surface area (Å²) in [4.78, 5) is 48.6. The van der Waals surface area contributed by atoms with Gasteiger partial charge in [0, 0.05) is 31.9 Å². The minimum atomic E-state index is -0.498. The van der Waals surface area contributed by atoms with E-state index in [1.807, 2.05) is 4.90 Å². The summed E-state index contributed by atoms with van der Waals surface area (Å²) in [6, 6.07) is 1.66. The maximum absolute atomic E-state index is 13.2. The molecule has 1 amide bonds. The molecule has 8 nitrogen and oxygen atoms in total. The molecule has 2 aromatic rings. The van der Waals surface area contributed by atoms with Crippen LogP contribution in [-0.2, 0) is 0 Å². The molecule has 1 N–H and O–H groups in total. The summed E-state index contributed by atoms with van der Waals surface area (Å²) in [5, 5.41) is 0.288. The molecule has 8 heteroatoms. The van der Waals surface area contributed by atoms with Crippen LogP contribution in [0, 0.1) is 5.92 Å². The fourth-order valence-electron chi connectivity index (χ4n) is 3.63. The Morgan fingerprint density at radius 3 is 2.52 bits per heavy atom. The van der Waals surface area contributed by atoms with Crippen molar-refractivity contribution in [2.24, 2.45) is 5.92 Å². The first kappa shape index (κ1) is 21.2. The molecule has 2 heterocycles. The van der Waals surface area contributed by atoms with Crippen LogP contribution in [0.5, 0.6) is 0 Å². The molecule has 3 rings (SSSR count). The van der Waals surface area contributed by atoms with Crippen molar-refractivity contribution < 1.29 is 4.79 Å². The highest BCUT2D eigenvalue weighted by Crippen LogP contribution is 2.34. The zero-order valence-corrected chi connectivity index (χ0v) is 17.8.